The molecule has 0 bridgehead atoms. The second-order valence-electron chi connectivity index (χ2n) is 2.22. The van der Waals surface area contributed by atoms with Gasteiger partial charge in [0.1, 0.15) is 0 Å². The number of rotatable bonds is 1. The molecule has 1 atom stereocenters. The predicted octanol–water partition coefficient (Wildman–Crippen LogP) is 2.53. The molecule has 0 aromatic carbocycles. The summed E-state index contributed by atoms with van der Waals surface area (Å²) in [5, 5.41) is 0. The van der Waals surface area contributed by atoms with Crippen LogP contribution in [0.4, 0.5) is 0 Å². The minimum Gasteiger partial charge on any atom is -0.0840 e. The molecule has 0 saturated heterocycles. The van der Waals surface area contributed by atoms with Crippen LogP contribution >= 0.6 is 0 Å². The standard InChI is InChI=1S/C8H12/c1-2-8-6-4-3-5-7-8/h3-6,8H,2,7H2,1H3/t8-/m1/s1. The molecular formula is C8H12. The van der Waals surface area contributed by atoms with Crippen LogP contribution in [0, 0.1) is 5.92 Å². The zero-order chi connectivity index (χ0) is 5.82. The highest BCUT2D eigenvalue weighted by Crippen LogP contribution is 2.13. The van der Waals surface area contributed by atoms with E-state index in [1.165, 1.54) is 12.8 Å². The molecule has 0 saturated carbocycles. The summed E-state index contributed by atoms with van der Waals surface area (Å²) in [6, 6.07) is 0. The Kier molecular flexibility index (Phi) is 1.90. The van der Waals surface area contributed by atoms with Crippen molar-refractivity contribution in [3.8, 4) is 0 Å². The van der Waals surface area contributed by atoms with Crippen LogP contribution in [0.15, 0.2) is 24.3 Å². The molecule has 1 rings (SSSR count). The second-order valence-corrected chi connectivity index (χ2v) is 2.22. The summed E-state index contributed by atoms with van der Waals surface area (Å²) in [5.41, 5.74) is 0. The first-order chi connectivity index (χ1) is 3.93. The van der Waals surface area contributed by atoms with Crippen molar-refractivity contribution >= 4 is 0 Å². The lowest BCUT2D eigenvalue weighted by molar-refractivity contribution is 0.633. The van der Waals surface area contributed by atoms with Crippen LogP contribution in [0.25, 0.3) is 0 Å². The van der Waals surface area contributed by atoms with Gasteiger partial charge in [-0.05, 0) is 18.8 Å². The van der Waals surface area contributed by atoms with E-state index in [4.69, 9.17) is 0 Å². The lowest BCUT2D eigenvalue weighted by atomic mass is 9.99. The van der Waals surface area contributed by atoms with Gasteiger partial charge >= 0.3 is 0 Å². The van der Waals surface area contributed by atoms with Crippen LogP contribution < -0.4 is 0 Å². The molecule has 44 valence electrons. The van der Waals surface area contributed by atoms with Crippen molar-refractivity contribution in [2.75, 3.05) is 0 Å². The van der Waals surface area contributed by atoms with Crippen molar-refractivity contribution in [1.82, 2.24) is 0 Å². The molecular weight excluding hydrogens is 96.1 g/mol. The van der Waals surface area contributed by atoms with Gasteiger partial charge in [0, 0.05) is 0 Å². The fourth-order valence-corrected chi connectivity index (χ4v) is 0.935. The number of hydrogen-bond donors (Lipinski definition) is 0. The van der Waals surface area contributed by atoms with Crippen LogP contribution in [0.5, 0.6) is 0 Å². The van der Waals surface area contributed by atoms with Gasteiger partial charge in [-0.2, -0.15) is 0 Å². The lowest BCUT2D eigenvalue weighted by Crippen LogP contribution is -1.93. The summed E-state index contributed by atoms with van der Waals surface area (Å²) in [6.07, 6.45) is 11.3. The minimum atomic E-state index is 0.819. The molecule has 0 heterocycles. The summed E-state index contributed by atoms with van der Waals surface area (Å²) >= 11 is 0. The summed E-state index contributed by atoms with van der Waals surface area (Å²) in [6.45, 7) is 2.23. The molecule has 0 aromatic rings. The Bertz CT molecular complexity index is 109. The Morgan fingerprint density at radius 3 is 2.75 bits per heavy atom. The average molecular weight is 108 g/mol. The maximum Gasteiger partial charge on any atom is -0.0198 e. The van der Waals surface area contributed by atoms with Crippen LogP contribution in [0.2, 0.25) is 0 Å². The fourth-order valence-electron chi connectivity index (χ4n) is 0.935. The Balaban J connectivity index is 2.40. The quantitative estimate of drug-likeness (QED) is 0.484. The summed E-state index contributed by atoms with van der Waals surface area (Å²) in [4.78, 5) is 0. The van der Waals surface area contributed by atoms with E-state index in [0.29, 0.717) is 0 Å². The molecule has 0 aliphatic heterocycles. The van der Waals surface area contributed by atoms with Gasteiger partial charge in [0.25, 0.3) is 0 Å². The topological polar surface area (TPSA) is 0 Å². The monoisotopic (exact) mass is 108 g/mol. The normalized spacial score (nSPS) is 26.4. The SMILES string of the molecule is CC[C@@H]1C=CC=CC1. The van der Waals surface area contributed by atoms with E-state index in [-0.39, 0.29) is 0 Å². The predicted molar refractivity (Wildman–Crippen MR) is 36.7 cm³/mol. The number of hydrogen-bond acceptors (Lipinski definition) is 0. The molecule has 0 heteroatoms. The Morgan fingerprint density at radius 2 is 2.38 bits per heavy atom. The average Bonchev–Trinajstić information content (AvgIpc) is 1.90. The van der Waals surface area contributed by atoms with Gasteiger partial charge in [-0.3, -0.25) is 0 Å². The molecule has 1 aliphatic carbocycles. The molecule has 0 amide bonds. The Morgan fingerprint density at radius 1 is 1.50 bits per heavy atom. The first-order valence-electron chi connectivity index (χ1n) is 3.27. The molecule has 0 nitrogen and oxygen atoms in total. The zero-order valence-electron chi connectivity index (χ0n) is 5.30. The summed E-state index contributed by atoms with van der Waals surface area (Å²) in [7, 11) is 0. The molecule has 0 unspecified atom stereocenters. The molecule has 0 N–H and O–H groups in total. The van der Waals surface area contributed by atoms with Crippen molar-refractivity contribution in [2.24, 2.45) is 5.92 Å². The summed E-state index contributed by atoms with van der Waals surface area (Å²) in [5.74, 6) is 0.819. The maximum absolute atomic E-state index is 2.28. The molecule has 0 aromatic heterocycles. The van der Waals surface area contributed by atoms with E-state index >= 15 is 0 Å². The zero-order valence-corrected chi connectivity index (χ0v) is 5.30. The van der Waals surface area contributed by atoms with E-state index in [1.807, 2.05) is 0 Å². The van der Waals surface area contributed by atoms with E-state index in [2.05, 4.69) is 31.2 Å². The van der Waals surface area contributed by atoms with Crippen LogP contribution in [-0.2, 0) is 0 Å². The van der Waals surface area contributed by atoms with Crippen molar-refractivity contribution in [3.63, 3.8) is 0 Å². The second kappa shape index (κ2) is 2.71. The highest BCUT2D eigenvalue weighted by atomic mass is 14.0. The Labute approximate surface area is 50.9 Å². The summed E-state index contributed by atoms with van der Waals surface area (Å²) < 4.78 is 0. The smallest absolute Gasteiger partial charge is 0.0198 e. The molecule has 0 radical (unpaired) electrons. The third-order valence-corrected chi connectivity index (χ3v) is 1.59. The van der Waals surface area contributed by atoms with Crippen molar-refractivity contribution in [1.29, 1.82) is 0 Å². The van der Waals surface area contributed by atoms with Gasteiger partial charge in [0.2, 0.25) is 0 Å². The number of allylic oxidation sites excluding steroid dienone is 4. The van der Waals surface area contributed by atoms with E-state index in [0.717, 1.165) is 5.92 Å². The van der Waals surface area contributed by atoms with Gasteiger partial charge < -0.3 is 0 Å². The highest BCUT2D eigenvalue weighted by Gasteiger charge is 1.98. The highest BCUT2D eigenvalue weighted by molar-refractivity contribution is 5.10. The van der Waals surface area contributed by atoms with Gasteiger partial charge in [-0.15, -0.1) is 0 Å². The first kappa shape index (κ1) is 5.61. The Hall–Kier alpha value is -0.520. The van der Waals surface area contributed by atoms with Crippen LogP contribution in [-0.4, -0.2) is 0 Å². The van der Waals surface area contributed by atoms with Crippen LogP contribution in [0.3, 0.4) is 0 Å². The third kappa shape index (κ3) is 1.22. The molecule has 8 heavy (non-hydrogen) atoms. The van der Waals surface area contributed by atoms with Crippen molar-refractivity contribution < 1.29 is 0 Å². The van der Waals surface area contributed by atoms with E-state index in [1.54, 1.807) is 0 Å². The fraction of sp³-hybridized carbons (Fsp3) is 0.500. The largest absolute Gasteiger partial charge is 0.0840 e. The van der Waals surface area contributed by atoms with E-state index < -0.39 is 0 Å². The van der Waals surface area contributed by atoms with Crippen LogP contribution in [0.1, 0.15) is 19.8 Å². The maximum atomic E-state index is 2.28. The first-order valence-corrected chi connectivity index (χ1v) is 3.27. The minimum absolute atomic E-state index is 0.819. The van der Waals surface area contributed by atoms with Gasteiger partial charge in [0.05, 0.1) is 0 Å². The van der Waals surface area contributed by atoms with Gasteiger partial charge in [-0.1, -0.05) is 31.2 Å². The molecule has 0 fully saturated rings. The van der Waals surface area contributed by atoms with Crippen molar-refractivity contribution in [2.45, 2.75) is 19.8 Å². The van der Waals surface area contributed by atoms with Gasteiger partial charge in [-0.25, -0.2) is 0 Å². The van der Waals surface area contributed by atoms with Gasteiger partial charge in [0.15, 0.2) is 0 Å². The van der Waals surface area contributed by atoms with Crippen molar-refractivity contribution in [3.05, 3.63) is 24.3 Å². The molecule has 0 spiro atoms. The van der Waals surface area contributed by atoms with E-state index in [9.17, 15) is 0 Å². The third-order valence-electron chi connectivity index (χ3n) is 1.59. The lowest BCUT2D eigenvalue weighted by Gasteiger charge is -2.07. The molecule has 1 aliphatic rings.